The molecule has 1 heterocycles. The van der Waals surface area contributed by atoms with Crippen molar-refractivity contribution in [3.63, 3.8) is 0 Å². The summed E-state index contributed by atoms with van der Waals surface area (Å²) >= 11 is 1.37. The average molecular weight is 418 g/mol. The summed E-state index contributed by atoms with van der Waals surface area (Å²) < 4.78 is 32.9. The first-order valence-electron chi connectivity index (χ1n) is 10.7. The Morgan fingerprint density at radius 3 is 2.59 bits per heavy atom. The smallest absolute Gasteiger partial charge is 0.303 e. The van der Waals surface area contributed by atoms with Crippen LogP contribution >= 0.6 is 11.8 Å². The molecule has 3 rings (SSSR count). The van der Waals surface area contributed by atoms with E-state index in [0.29, 0.717) is 24.5 Å². The highest BCUT2D eigenvalue weighted by atomic mass is 32.2. The zero-order valence-corrected chi connectivity index (χ0v) is 17.4. The Kier molecular flexibility index (Phi) is 5.58. The number of anilines is 1. The predicted octanol–water partition coefficient (Wildman–Crippen LogP) is 3.37. The number of nitrogens with zero attached hydrogens (tertiary/aromatic N) is 2. The van der Waals surface area contributed by atoms with Crippen LogP contribution in [-0.2, 0) is 14.3 Å². The van der Waals surface area contributed by atoms with Crippen LogP contribution in [0.15, 0.2) is 53.4 Å². The number of ether oxygens (including phenoxy) is 2. The average Bonchev–Trinajstić information content (AvgIpc) is 2.86. The lowest BCUT2D eigenvalue weighted by atomic mass is 10.1. The topological polar surface area (TPSA) is 59.1 Å². The quantitative estimate of drug-likeness (QED) is 0.672. The van der Waals surface area contributed by atoms with Crippen LogP contribution in [0.2, 0.25) is 0 Å². The van der Waals surface area contributed by atoms with Gasteiger partial charge in [0.2, 0.25) is 0 Å². The summed E-state index contributed by atoms with van der Waals surface area (Å²) in [6.07, 6.45) is -1.31. The number of likely N-dealkylation sites (N-methyl/N-ethyl adjacent to an activating group) is 1. The Balaban J connectivity index is 2.08. The van der Waals surface area contributed by atoms with Crippen molar-refractivity contribution in [3.05, 3.63) is 54.1 Å². The summed E-state index contributed by atoms with van der Waals surface area (Å²) in [5.74, 6) is -1.21. The van der Waals surface area contributed by atoms with Crippen molar-refractivity contribution < 1.29 is 23.2 Å². The zero-order chi connectivity index (χ0) is 23.5. The van der Waals surface area contributed by atoms with Crippen LogP contribution in [0, 0.1) is 0 Å². The molecule has 0 aliphatic carbocycles. The molecule has 0 fully saturated rings. The molecule has 1 aliphatic heterocycles. The highest BCUT2D eigenvalue weighted by Crippen LogP contribution is 2.46. The number of thioether (sulfide) groups is 1. The monoisotopic (exact) mass is 417 g/mol. The molecule has 1 amide bonds. The molecule has 154 valence electrons. The molecule has 0 saturated carbocycles. The van der Waals surface area contributed by atoms with E-state index in [4.69, 9.17) is 13.6 Å². The maximum atomic E-state index is 13.7. The minimum atomic E-state index is -2.97. The maximum Gasteiger partial charge on any atom is 0.303 e. The summed E-state index contributed by atoms with van der Waals surface area (Å²) in [4.78, 5) is 30.4. The fraction of sp³-hybridized carbons (Fsp3) is 0.364. The van der Waals surface area contributed by atoms with Gasteiger partial charge in [0.25, 0.3) is 5.91 Å². The maximum absolute atomic E-state index is 13.7. The van der Waals surface area contributed by atoms with E-state index in [-0.39, 0.29) is 0 Å². The van der Waals surface area contributed by atoms with E-state index in [1.54, 1.807) is 36.3 Å². The van der Waals surface area contributed by atoms with Gasteiger partial charge in [-0.05, 0) is 43.9 Å². The van der Waals surface area contributed by atoms with E-state index in [9.17, 15) is 9.59 Å². The second-order valence-corrected chi connectivity index (χ2v) is 8.08. The number of carbonyl (C=O) groups excluding carboxylic acids is 2. The van der Waals surface area contributed by atoms with Crippen molar-refractivity contribution in [1.29, 1.82) is 0 Å². The van der Waals surface area contributed by atoms with Gasteiger partial charge in [-0.2, -0.15) is 0 Å². The van der Waals surface area contributed by atoms with E-state index in [0.717, 1.165) is 10.5 Å². The second-order valence-electron chi connectivity index (χ2n) is 6.90. The number of hydrogen-bond acceptors (Lipinski definition) is 6. The first kappa shape index (κ1) is 17.4. The molecule has 1 aliphatic rings. The van der Waals surface area contributed by atoms with E-state index >= 15 is 0 Å². The van der Waals surface area contributed by atoms with Gasteiger partial charge >= 0.3 is 5.97 Å². The molecule has 2 aromatic rings. The van der Waals surface area contributed by atoms with Crippen molar-refractivity contribution in [2.75, 3.05) is 39.2 Å². The van der Waals surface area contributed by atoms with Crippen molar-refractivity contribution >= 4 is 29.3 Å². The van der Waals surface area contributed by atoms with Crippen molar-refractivity contribution in [1.82, 2.24) is 4.90 Å². The van der Waals surface area contributed by atoms with Gasteiger partial charge in [0.1, 0.15) is 5.75 Å². The SMILES string of the molecule is [2H]C([2H])([2H])C(=O)OC1C(=O)N(CCN(C)C)c2ccccc2SC1c1ccc(OC)cc1. The molecule has 2 atom stereocenters. The van der Waals surface area contributed by atoms with Crippen LogP contribution < -0.4 is 9.64 Å². The Labute approximate surface area is 180 Å². The molecule has 6 nitrogen and oxygen atoms in total. The third-order valence-electron chi connectivity index (χ3n) is 4.64. The Hall–Kier alpha value is -2.51. The summed E-state index contributed by atoms with van der Waals surface area (Å²) in [6, 6.07) is 14.5. The van der Waals surface area contributed by atoms with Gasteiger partial charge < -0.3 is 19.3 Å². The molecule has 0 aromatic heterocycles. The molecule has 0 bridgehead atoms. The highest BCUT2D eigenvalue weighted by molar-refractivity contribution is 7.99. The van der Waals surface area contributed by atoms with Crippen LogP contribution in [0.5, 0.6) is 5.75 Å². The van der Waals surface area contributed by atoms with E-state index in [2.05, 4.69) is 0 Å². The van der Waals surface area contributed by atoms with E-state index in [1.165, 1.54) is 11.8 Å². The lowest BCUT2D eigenvalue weighted by Gasteiger charge is -2.28. The molecule has 2 unspecified atom stereocenters. The first-order valence-corrected chi connectivity index (χ1v) is 10.1. The molecule has 0 saturated heterocycles. The molecule has 7 heteroatoms. The first-order chi connectivity index (χ1) is 15.1. The number of hydrogen-bond donors (Lipinski definition) is 0. The number of methoxy groups -OCH3 is 1. The zero-order valence-electron chi connectivity index (χ0n) is 19.6. The standard InChI is InChI=1S/C22H26N2O4S/c1-15(25)28-20-21(16-9-11-17(27-4)12-10-16)29-19-8-6-5-7-18(19)24(22(20)26)14-13-23(2)3/h5-12,20-21H,13-14H2,1-4H3/i1D3. The van der Waals surface area contributed by atoms with E-state index in [1.807, 2.05) is 43.3 Å². The Morgan fingerprint density at radius 1 is 1.21 bits per heavy atom. The van der Waals surface area contributed by atoms with Gasteiger partial charge in [-0.15, -0.1) is 11.8 Å². The molecular formula is C22H26N2O4S. The van der Waals surface area contributed by atoms with Crippen molar-refractivity contribution in [2.45, 2.75) is 23.1 Å². The highest BCUT2D eigenvalue weighted by Gasteiger charge is 2.40. The van der Waals surface area contributed by atoms with Gasteiger partial charge in [-0.25, -0.2) is 0 Å². The lowest BCUT2D eigenvalue weighted by molar-refractivity contribution is -0.152. The van der Waals surface area contributed by atoms with Gasteiger partial charge in [-0.1, -0.05) is 24.3 Å². The fourth-order valence-electron chi connectivity index (χ4n) is 3.17. The summed E-state index contributed by atoms with van der Waals surface area (Å²) in [7, 11) is 5.35. The van der Waals surface area contributed by atoms with Crippen LogP contribution in [-0.4, -0.2) is 57.2 Å². The van der Waals surface area contributed by atoms with Gasteiger partial charge in [0.05, 0.1) is 18.0 Å². The molecule has 29 heavy (non-hydrogen) atoms. The molecule has 2 aromatic carbocycles. The number of fused-ring (bicyclic) bond motifs is 1. The molecular weight excluding hydrogens is 388 g/mol. The normalized spacial score (nSPS) is 20.9. The summed E-state index contributed by atoms with van der Waals surface area (Å²) in [6.45, 7) is -2.03. The fourth-order valence-corrected chi connectivity index (χ4v) is 4.49. The molecule has 0 spiro atoms. The van der Waals surface area contributed by atoms with E-state index < -0.39 is 30.1 Å². The number of esters is 1. The second kappa shape index (κ2) is 9.33. The van der Waals surface area contributed by atoms with Gasteiger partial charge in [0, 0.05) is 28.9 Å². The number of carbonyl (C=O) groups is 2. The van der Waals surface area contributed by atoms with Crippen LogP contribution in [0.25, 0.3) is 0 Å². The molecule has 0 radical (unpaired) electrons. The van der Waals surface area contributed by atoms with Crippen LogP contribution in [0.4, 0.5) is 5.69 Å². The van der Waals surface area contributed by atoms with Crippen LogP contribution in [0.3, 0.4) is 0 Å². The summed E-state index contributed by atoms with van der Waals surface area (Å²) in [5.41, 5.74) is 1.42. The van der Waals surface area contributed by atoms with Gasteiger partial charge in [0.15, 0.2) is 6.10 Å². The van der Waals surface area contributed by atoms with Crippen LogP contribution in [0.1, 0.15) is 21.8 Å². The largest absolute Gasteiger partial charge is 0.497 e. The third kappa shape index (κ3) is 4.92. The number of benzene rings is 2. The third-order valence-corrected chi connectivity index (χ3v) is 6.02. The lowest BCUT2D eigenvalue weighted by Crippen LogP contribution is -2.45. The van der Waals surface area contributed by atoms with Gasteiger partial charge in [-0.3, -0.25) is 9.59 Å². The number of rotatable bonds is 6. The Bertz CT molecular complexity index is 966. The Morgan fingerprint density at radius 2 is 1.93 bits per heavy atom. The van der Waals surface area contributed by atoms with Crippen molar-refractivity contribution in [2.24, 2.45) is 0 Å². The number of para-hydroxylation sites is 1. The number of amides is 1. The minimum absolute atomic E-state index is 0.362. The van der Waals surface area contributed by atoms with Crippen molar-refractivity contribution in [3.8, 4) is 5.75 Å². The minimum Gasteiger partial charge on any atom is -0.497 e. The molecule has 0 N–H and O–H groups in total. The summed E-state index contributed by atoms with van der Waals surface area (Å²) in [5, 5.41) is -0.634. The predicted molar refractivity (Wildman–Crippen MR) is 114 cm³/mol.